The maximum atomic E-state index is 12.9. The van der Waals surface area contributed by atoms with Crippen LogP contribution in [0, 0.1) is 6.92 Å². The molecule has 0 bridgehead atoms. The number of hydrogen-bond donors (Lipinski definition) is 0. The molecule has 2 aliphatic heterocycles. The summed E-state index contributed by atoms with van der Waals surface area (Å²) in [6.07, 6.45) is 1.22. The van der Waals surface area contributed by atoms with Crippen LogP contribution in [0.15, 0.2) is 30.3 Å². The van der Waals surface area contributed by atoms with Gasteiger partial charge in [0.05, 0.1) is 19.1 Å². The van der Waals surface area contributed by atoms with Gasteiger partial charge in [-0.25, -0.2) is 9.97 Å². The van der Waals surface area contributed by atoms with Crippen molar-refractivity contribution in [3.63, 3.8) is 0 Å². The van der Waals surface area contributed by atoms with E-state index in [2.05, 4.69) is 41.9 Å². The molecule has 4 rings (SSSR count). The number of fused-ring (bicyclic) bond motifs is 1. The molecule has 1 atom stereocenters. The second-order valence-electron chi connectivity index (χ2n) is 8.26. The Bertz CT molecular complexity index is 875. The standard InChI is InChI=1S/C23H30N4O2/c1-16(2)23-24-17(3)14-21(25-23)26-9-11-27(12-10-26)22(28)15-20-19-7-5-4-6-18(19)8-13-29-20/h4-7,14,16,20H,8-13,15H2,1-3H3. The minimum absolute atomic E-state index is 0.122. The number of nitrogens with zero attached hydrogens (tertiary/aromatic N) is 4. The first-order valence-corrected chi connectivity index (χ1v) is 10.6. The highest BCUT2D eigenvalue weighted by Gasteiger charge is 2.28. The van der Waals surface area contributed by atoms with Crippen LogP contribution >= 0.6 is 0 Å². The maximum absolute atomic E-state index is 12.9. The van der Waals surface area contributed by atoms with Crippen LogP contribution in [0.2, 0.25) is 0 Å². The molecule has 1 amide bonds. The van der Waals surface area contributed by atoms with Crippen molar-refractivity contribution in [2.75, 3.05) is 37.7 Å². The summed E-state index contributed by atoms with van der Waals surface area (Å²) >= 11 is 0. The summed E-state index contributed by atoms with van der Waals surface area (Å²) in [5, 5.41) is 0. The lowest BCUT2D eigenvalue weighted by molar-refractivity contribution is -0.135. The molecule has 2 aromatic rings. The first kappa shape index (κ1) is 19.8. The van der Waals surface area contributed by atoms with Gasteiger partial charge >= 0.3 is 0 Å². The van der Waals surface area contributed by atoms with Crippen LogP contribution in [0.5, 0.6) is 0 Å². The quantitative estimate of drug-likeness (QED) is 0.797. The van der Waals surface area contributed by atoms with Crippen molar-refractivity contribution in [2.24, 2.45) is 0 Å². The summed E-state index contributed by atoms with van der Waals surface area (Å²) in [6.45, 7) is 9.94. The van der Waals surface area contributed by atoms with E-state index in [9.17, 15) is 4.79 Å². The Morgan fingerprint density at radius 3 is 2.69 bits per heavy atom. The predicted octanol–water partition coefficient (Wildman–Crippen LogP) is 3.26. The Morgan fingerprint density at radius 1 is 1.17 bits per heavy atom. The number of carbonyl (C=O) groups is 1. The third-order valence-electron chi connectivity index (χ3n) is 5.78. The molecule has 1 saturated heterocycles. The van der Waals surface area contributed by atoms with Crippen LogP contribution < -0.4 is 4.90 Å². The SMILES string of the molecule is Cc1cc(N2CCN(C(=O)CC3OCCc4ccccc43)CC2)nc(C(C)C)n1. The van der Waals surface area contributed by atoms with Crippen molar-refractivity contribution in [1.29, 1.82) is 0 Å². The lowest BCUT2D eigenvalue weighted by Gasteiger charge is -2.36. The number of anilines is 1. The highest BCUT2D eigenvalue weighted by molar-refractivity contribution is 5.77. The number of rotatable bonds is 4. The molecule has 154 valence electrons. The average molecular weight is 395 g/mol. The van der Waals surface area contributed by atoms with Crippen LogP contribution in [0.1, 0.15) is 54.9 Å². The van der Waals surface area contributed by atoms with Gasteiger partial charge in [0, 0.05) is 43.9 Å². The minimum atomic E-state index is -0.122. The zero-order valence-electron chi connectivity index (χ0n) is 17.6. The van der Waals surface area contributed by atoms with Gasteiger partial charge in [-0.2, -0.15) is 0 Å². The number of piperazine rings is 1. The molecule has 1 aromatic heterocycles. The van der Waals surface area contributed by atoms with Crippen LogP contribution in [0.25, 0.3) is 0 Å². The Balaban J connectivity index is 1.37. The molecule has 1 unspecified atom stereocenters. The summed E-state index contributed by atoms with van der Waals surface area (Å²) < 4.78 is 5.93. The number of ether oxygens (including phenoxy) is 1. The molecule has 1 aromatic carbocycles. The number of aromatic nitrogens is 2. The molecule has 2 aliphatic rings. The van der Waals surface area contributed by atoms with E-state index in [1.165, 1.54) is 11.1 Å². The van der Waals surface area contributed by atoms with Crippen molar-refractivity contribution >= 4 is 11.7 Å². The maximum Gasteiger partial charge on any atom is 0.225 e. The van der Waals surface area contributed by atoms with E-state index in [1.807, 2.05) is 24.0 Å². The van der Waals surface area contributed by atoms with Crippen LogP contribution in [-0.4, -0.2) is 53.6 Å². The molecule has 0 radical (unpaired) electrons. The number of hydrogen-bond acceptors (Lipinski definition) is 5. The molecule has 0 spiro atoms. The highest BCUT2D eigenvalue weighted by atomic mass is 16.5. The van der Waals surface area contributed by atoms with Gasteiger partial charge in [-0.1, -0.05) is 38.1 Å². The summed E-state index contributed by atoms with van der Waals surface area (Å²) in [5.41, 5.74) is 3.47. The van der Waals surface area contributed by atoms with Crippen molar-refractivity contribution in [3.8, 4) is 0 Å². The number of amides is 1. The Morgan fingerprint density at radius 2 is 1.93 bits per heavy atom. The Hall–Kier alpha value is -2.47. The first-order valence-electron chi connectivity index (χ1n) is 10.6. The van der Waals surface area contributed by atoms with Crippen LogP contribution in [-0.2, 0) is 16.0 Å². The number of aryl methyl sites for hydroxylation is 1. The smallest absolute Gasteiger partial charge is 0.225 e. The highest BCUT2D eigenvalue weighted by Crippen LogP contribution is 2.30. The first-order chi connectivity index (χ1) is 14.0. The number of benzene rings is 1. The third-order valence-corrected chi connectivity index (χ3v) is 5.78. The molecule has 3 heterocycles. The molecule has 6 nitrogen and oxygen atoms in total. The summed E-state index contributed by atoms with van der Waals surface area (Å²) in [5.74, 6) is 2.33. The monoisotopic (exact) mass is 394 g/mol. The van der Waals surface area contributed by atoms with Crippen molar-refractivity contribution in [1.82, 2.24) is 14.9 Å². The zero-order chi connectivity index (χ0) is 20.4. The topological polar surface area (TPSA) is 58.6 Å². The fourth-order valence-corrected chi connectivity index (χ4v) is 4.11. The second kappa shape index (κ2) is 8.49. The zero-order valence-corrected chi connectivity index (χ0v) is 17.6. The minimum Gasteiger partial charge on any atom is -0.373 e. The lowest BCUT2D eigenvalue weighted by atomic mass is 9.95. The molecule has 29 heavy (non-hydrogen) atoms. The summed E-state index contributed by atoms with van der Waals surface area (Å²) in [7, 11) is 0. The van der Waals surface area contributed by atoms with Crippen molar-refractivity contribution in [2.45, 2.75) is 45.6 Å². The Labute approximate surface area is 172 Å². The van der Waals surface area contributed by atoms with Crippen molar-refractivity contribution in [3.05, 3.63) is 53.0 Å². The summed E-state index contributed by atoms with van der Waals surface area (Å²) in [6, 6.07) is 10.4. The third kappa shape index (κ3) is 4.42. The van der Waals surface area contributed by atoms with E-state index in [-0.39, 0.29) is 12.0 Å². The largest absolute Gasteiger partial charge is 0.373 e. The van der Waals surface area contributed by atoms with Gasteiger partial charge in [0.25, 0.3) is 0 Å². The molecular formula is C23H30N4O2. The Kier molecular flexibility index (Phi) is 5.81. The molecule has 0 saturated carbocycles. The summed E-state index contributed by atoms with van der Waals surface area (Å²) in [4.78, 5) is 26.4. The van der Waals surface area contributed by atoms with Gasteiger partial charge in [0.2, 0.25) is 5.91 Å². The molecule has 6 heteroatoms. The molecule has 1 fully saturated rings. The van der Waals surface area contributed by atoms with Gasteiger partial charge in [0.1, 0.15) is 11.6 Å². The van der Waals surface area contributed by atoms with E-state index in [0.29, 0.717) is 32.0 Å². The molecular weight excluding hydrogens is 364 g/mol. The lowest BCUT2D eigenvalue weighted by Crippen LogP contribution is -2.49. The van der Waals surface area contributed by atoms with Gasteiger partial charge in [0.15, 0.2) is 0 Å². The average Bonchev–Trinajstić information content (AvgIpc) is 2.73. The van der Waals surface area contributed by atoms with Crippen molar-refractivity contribution < 1.29 is 9.53 Å². The van der Waals surface area contributed by atoms with E-state index in [4.69, 9.17) is 9.72 Å². The van der Waals surface area contributed by atoms with Gasteiger partial charge < -0.3 is 14.5 Å². The van der Waals surface area contributed by atoms with Crippen LogP contribution in [0.4, 0.5) is 5.82 Å². The molecule has 0 N–H and O–H groups in total. The van der Waals surface area contributed by atoms with Gasteiger partial charge in [-0.15, -0.1) is 0 Å². The molecule has 0 aliphatic carbocycles. The fourth-order valence-electron chi connectivity index (χ4n) is 4.11. The fraction of sp³-hybridized carbons (Fsp3) is 0.522. The van der Waals surface area contributed by atoms with E-state index < -0.39 is 0 Å². The normalized spacial score (nSPS) is 19.4. The van der Waals surface area contributed by atoms with E-state index in [0.717, 1.165) is 36.8 Å². The second-order valence-corrected chi connectivity index (χ2v) is 8.26. The van der Waals surface area contributed by atoms with Gasteiger partial charge in [-0.05, 0) is 24.5 Å². The predicted molar refractivity (Wildman–Crippen MR) is 113 cm³/mol. The van der Waals surface area contributed by atoms with E-state index >= 15 is 0 Å². The van der Waals surface area contributed by atoms with Gasteiger partial charge in [-0.3, -0.25) is 4.79 Å². The van der Waals surface area contributed by atoms with Crippen LogP contribution in [0.3, 0.4) is 0 Å². The van der Waals surface area contributed by atoms with E-state index in [1.54, 1.807) is 0 Å². The number of carbonyl (C=O) groups excluding carboxylic acids is 1.